The van der Waals surface area contributed by atoms with Gasteiger partial charge in [0.05, 0.1) is 5.30 Å². The lowest BCUT2D eigenvalue weighted by Gasteiger charge is -2.44. The molecule has 0 N–H and O–H groups in total. The maximum atomic E-state index is 2.26. The third-order valence-electron chi connectivity index (χ3n) is 12.9. The minimum Gasteiger partial charge on any atom is -0.195 e. The monoisotopic (exact) mass is 968 g/mol. The van der Waals surface area contributed by atoms with Gasteiger partial charge in [-0.1, -0.05) is 352 Å². The standard InChI is InChI=1S/C24H20B.C12H11P.3C12H10/c1-5-13-21(14-6-1)25(22-15-7-2-8-16-22,23-17-9-3-10-18-23)24-19-11-4-12-20-24;13-12-9-5-4-8-11(12)10-6-2-1-3-7-10;3*1-3-7-11(8-4-1)12-9-5-2-6-10-12/h1-20H;1-9H,13H2;3*1-10H/q-1;;;;/p+1. The summed E-state index contributed by atoms with van der Waals surface area (Å²) < 4.78 is 0. The van der Waals surface area contributed by atoms with Crippen molar-refractivity contribution >= 4 is 42.5 Å². The number of benzene rings is 12. The summed E-state index contributed by atoms with van der Waals surface area (Å²) in [5.41, 5.74) is 15.6. The first kappa shape index (κ1) is 51.5. The maximum absolute atomic E-state index is 2.26. The van der Waals surface area contributed by atoms with Gasteiger partial charge < -0.3 is 0 Å². The fourth-order valence-corrected chi connectivity index (χ4v) is 9.78. The largest absolute Gasteiger partial charge is 0.195 e. The molecule has 0 spiro atoms. The average molecular weight is 969 g/mol. The van der Waals surface area contributed by atoms with Gasteiger partial charge in [-0.25, -0.2) is 0 Å². The zero-order chi connectivity index (χ0) is 50.7. The van der Waals surface area contributed by atoms with Crippen molar-refractivity contribution in [3.63, 3.8) is 0 Å². The molecule has 0 amide bonds. The predicted molar refractivity (Wildman–Crippen MR) is 328 cm³/mol. The summed E-state index contributed by atoms with van der Waals surface area (Å²) in [4.78, 5) is 0. The highest BCUT2D eigenvalue weighted by Crippen LogP contribution is 2.20. The van der Waals surface area contributed by atoms with Crippen LogP contribution >= 0.6 is 9.24 Å². The van der Waals surface area contributed by atoms with Gasteiger partial charge in [-0.05, 0) is 45.0 Å². The average Bonchev–Trinajstić information content (AvgIpc) is 3.51. The van der Waals surface area contributed by atoms with E-state index in [2.05, 4.69) is 315 Å². The molecule has 12 aromatic rings. The van der Waals surface area contributed by atoms with Gasteiger partial charge in [0.15, 0.2) is 0 Å². The van der Waals surface area contributed by atoms with Crippen LogP contribution in [0.4, 0.5) is 0 Å². The van der Waals surface area contributed by atoms with Gasteiger partial charge in [0.25, 0.3) is 0 Å². The van der Waals surface area contributed by atoms with E-state index in [0.717, 1.165) is 0 Å². The highest BCUT2D eigenvalue weighted by molar-refractivity contribution is 7.28. The van der Waals surface area contributed by atoms with Crippen LogP contribution in [-0.2, 0) is 0 Å². The third kappa shape index (κ3) is 14.4. The van der Waals surface area contributed by atoms with E-state index in [1.165, 1.54) is 71.7 Å². The van der Waals surface area contributed by atoms with Crippen molar-refractivity contribution < 1.29 is 0 Å². The van der Waals surface area contributed by atoms with Gasteiger partial charge in [0, 0.05) is 14.8 Å². The smallest absolute Gasteiger partial charge is 0.108 e. The van der Waals surface area contributed by atoms with Gasteiger partial charge in [0.1, 0.15) is 6.15 Å². The molecule has 0 fully saturated rings. The van der Waals surface area contributed by atoms with Crippen molar-refractivity contribution in [2.75, 3.05) is 0 Å². The molecule has 1 atom stereocenters. The van der Waals surface area contributed by atoms with Gasteiger partial charge in [0.2, 0.25) is 0 Å². The van der Waals surface area contributed by atoms with E-state index in [9.17, 15) is 0 Å². The van der Waals surface area contributed by atoms with E-state index in [1.54, 1.807) is 0 Å². The first-order chi connectivity index (χ1) is 36.7. The van der Waals surface area contributed by atoms with E-state index >= 15 is 0 Å². The van der Waals surface area contributed by atoms with Crippen molar-refractivity contribution in [1.82, 2.24) is 0 Å². The predicted octanol–water partition coefficient (Wildman–Crippen LogP) is 15.7. The lowest BCUT2D eigenvalue weighted by Crippen LogP contribution is -2.74. The molecule has 12 aromatic carbocycles. The summed E-state index contributed by atoms with van der Waals surface area (Å²) >= 11 is 0. The number of hydrogen-bond donors (Lipinski definition) is 0. The Bertz CT molecular complexity index is 2910. The molecule has 1 unspecified atom stereocenters. The Morgan fingerprint density at radius 3 is 0.527 bits per heavy atom. The molecule has 0 nitrogen and oxygen atoms in total. The van der Waals surface area contributed by atoms with Crippen molar-refractivity contribution in [2.45, 2.75) is 0 Å². The Hall–Kier alpha value is -8.87. The SMILES string of the molecule is [PH3+]c1ccccc1-c1ccccc1.c1ccc(-c2ccccc2)cc1.c1ccc(-c2ccccc2)cc1.c1ccc(-c2ccccc2)cc1.c1ccc([B-](c2ccccc2)(c2ccccc2)c2ccccc2)cc1. The highest BCUT2D eigenvalue weighted by Gasteiger charge is 2.31. The fraction of sp³-hybridized carbons (Fsp3) is 0. The van der Waals surface area contributed by atoms with Crippen LogP contribution in [0.2, 0.25) is 0 Å². The molecular formula is C72H62BP. The first-order valence-electron chi connectivity index (χ1n) is 25.4. The van der Waals surface area contributed by atoms with E-state index in [-0.39, 0.29) is 0 Å². The molecule has 0 saturated carbocycles. The molecular weight excluding hydrogens is 907 g/mol. The minimum atomic E-state index is -1.22. The second-order valence-corrected chi connectivity index (χ2v) is 18.5. The Balaban J connectivity index is 0.000000129. The summed E-state index contributed by atoms with van der Waals surface area (Å²) in [6.45, 7) is 0. The minimum absolute atomic E-state index is 1.22. The number of hydrogen-bond acceptors (Lipinski definition) is 0. The fourth-order valence-electron chi connectivity index (χ4n) is 9.32. The van der Waals surface area contributed by atoms with Crippen molar-refractivity contribution in [1.29, 1.82) is 0 Å². The summed E-state index contributed by atoms with van der Waals surface area (Å²) in [6.07, 6.45) is -1.22. The molecule has 0 aliphatic rings. The van der Waals surface area contributed by atoms with E-state index in [4.69, 9.17) is 0 Å². The molecule has 2 heteroatoms. The zero-order valence-corrected chi connectivity index (χ0v) is 43.3. The van der Waals surface area contributed by atoms with Crippen LogP contribution < -0.4 is 27.2 Å². The molecule has 0 bridgehead atoms. The van der Waals surface area contributed by atoms with Crippen LogP contribution in [0.5, 0.6) is 0 Å². The Kier molecular flexibility index (Phi) is 19.7. The van der Waals surface area contributed by atoms with Crippen LogP contribution in [0.15, 0.2) is 358 Å². The topological polar surface area (TPSA) is 0 Å². The van der Waals surface area contributed by atoms with Crippen molar-refractivity contribution in [3.8, 4) is 44.5 Å². The molecule has 0 radical (unpaired) electrons. The van der Waals surface area contributed by atoms with Gasteiger partial charge in [-0.3, -0.25) is 0 Å². The maximum Gasteiger partial charge on any atom is 0.108 e. The number of rotatable bonds is 8. The zero-order valence-electron chi connectivity index (χ0n) is 41.8. The Morgan fingerprint density at radius 2 is 0.324 bits per heavy atom. The summed E-state index contributed by atoms with van der Waals surface area (Å²) in [6, 6.07) is 125. The quantitative estimate of drug-likeness (QED) is 0.105. The molecule has 0 aromatic heterocycles. The second kappa shape index (κ2) is 28.2. The summed E-state index contributed by atoms with van der Waals surface area (Å²) in [7, 11) is 1.94. The highest BCUT2D eigenvalue weighted by atomic mass is 31.0. The Labute approximate surface area is 442 Å². The lowest BCUT2D eigenvalue weighted by molar-refractivity contribution is 1.62. The van der Waals surface area contributed by atoms with Crippen LogP contribution in [0.1, 0.15) is 0 Å². The van der Waals surface area contributed by atoms with E-state index in [0.29, 0.717) is 0 Å². The first-order valence-corrected chi connectivity index (χ1v) is 26.1. The second-order valence-electron chi connectivity index (χ2n) is 17.7. The summed E-state index contributed by atoms with van der Waals surface area (Å²) in [5.74, 6) is 0. The molecule has 12 rings (SSSR count). The van der Waals surface area contributed by atoms with Crippen molar-refractivity contribution in [3.05, 3.63) is 358 Å². The van der Waals surface area contributed by atoms with E-state index < -0.39 is 6.15 Å². The molecule has 0 aliphatic heterocycles. The molecule has 0 saturated heterocycles. The van der Waals surface area contributed by atoms with Gasteiger partial charge >= 0.3 is 0 Å². The van der Waals surface area contributed by atoms with Crippen LogP contribution in [0, 0.1) is 0 Å². The molecule has 0 heterocycles. The molecule has 74 heavy (non-hydrogen) atoms. The van der Waals surface area contributed by atoms with Crippen LogP contribution in [0.25, 0.3) is 44.5 Å². The normalized spacial score (nSPS) is 10.3. The van der Waals surface area contributed by atoms with Crippen LogP contribution in [0.3, 0.4) is 0 Å². The summed E-state index contributed by atoms with van der Waals surface area (Å²) in [5, 5.41) is 1.36. The Morgan fingerprint density at radius 1 is 0.162 bits per heavy atom. The van der Waals surface area contributed by atoms with E-state index in [1.807, 2.05) is 51.7 Å². The van der Waals surface area contributed by atoms with Crippen LogP contribution in [-0.4, -0.2) is 6.15 Å². The lowest BCUT2D eigenvalue weighted by atomic mass is 9.13. The van der Waals surface area contributed by atoms with Gasteiger partial charge in [-0.2, -0.15) is 21.9 Å². The third-order valence-corrected chi connectivity index (χ3v) is 13.6. The molecule has 358 valence electrons. The van der Waals surface area contributed by atoms with Crippen molar-refractivity contribution in [2.24, 2.45) is 0 Å². The van der Waals surface area contributed by atoms with Gasteiger partial charge in [-0.15, -0.1) is 0 Å². The molecule has 0 aliphatic carbocycles.